The molecule has 22 valence electrons. The highest BCUT2D eigenvalue weighted by Gasteiger charge is 1.58. The fourth-order valence-corrected chi connectivity index (χ4v) is 0.450. The number of hydrogen-bond acceptors (Lipinski definition) is 2. The first kappa shape index (κ1) is 2.44. The Bertz CT molecular complexity index is 45.8. The van der Waals surface area contributed by atoms with Gasteiger partial charge >= 0.3 is 0 Å². The summed E-state index contributed by atoms with van der Waals surface area (Å²) in [7, 11) is 1.61. The minimum atomic E-state index is 0.807. The number of rotatable bonds is 0. The number of nitrogens with zero attached hydrogens (tertiary/aromatic N) is 2. The molecule has 0 bridgehead atoms. The van der Waals surface area contributed by atoms with E-state index in [1.54, 1.807) is 0 Å². The Morgan fingerprint density at radius 2 is 1.25 bits per heavy atom. The first-order chi connectivity index (χ1) is 2.00. The van der Waals surface area contributed by atoms with Crippen LogP contribution in [-0.2, 0) is 0 Å². The van der Waals surface area contributed by atoms with Gasteiger partial charge in [-0.2, -0.15) is 0 Å². The van der Waals surface area contributed by atoms with Crippen LogP contribution >= 0.6 is 16.1 Å². The summed E-state index contributed by atoms with van der Waals surface area (Å²) >= 11 is 0. The molecule has 2 atom stereocenters. The third-order valence-electron chi connectivity index (χ3n) is 0.200. The van der Waals surface area contributed by atoms with Crippen molar-refractivity contribution in [1.82, 2.24) is 9.72 Å². The second kappa shape index (κ2) is 0.878. The van der Waals surface area contributed by atoms with Gasteiger partial charge in [-0.25, -0.2) is 0 Å². The molecule has 0 amide bonds. The van der Waals surface area contributed by atoms with Gasteiger partial charge in [0.2, 0.25) is 0 Å². The molecule has 0 aliphatic carbocycles. The highest BCUT2D eigenvalue weighted by atomic mass is 31.8. The maximum Gasteiger partial charge on any atom is 0.0180 e. The maximum absolute atomic E-state index is 3.58. The first-order valence-electron chi connectivity index (χ1n) is 0.897. The third kappa shape index (κ3) is 0.180. The second-order valence-corrected chi connectivity index (χ2v) is 2.61. The summed E-state index contributed by atoms with van der Waals surface area (Å²) in [6.45, 7) is 0. The van der Waals surface area contributed by atoms with Crippen LogP contribution in [0.25, 0.3) is 0 Å². The van der Waals surface area contributed by atoms with Crippen LogP contribution in [0.4, 0.5) is 0 Å². The van der Waals surface area contributed by atoms with Gasteiger partial charge in [-0.1, -0.05) is 0 Å². The molecule has 0 fully saturated rings. The molecule has 4 heteroatoms. The van der Waals surface area contributed by atoms with Gasteiger partial charge in [0.1, 0.15) is 0 Å². The topological polar surface area (TPSA) is 25.8 Å². The average molecular weight is 92.0 g/mol. The SMILES string of the molecule is n1n[pH][pH]1. The van der Waals surface area contributed by atoms with E-state index in [4.69, 9.17) is 0 Å². The Kier molecular flexibility index (Phi) is 0.535. The molecule has 2 nitrogen and oxygen atoms in total. The van der Waals surface area contributed by atoms with Gasteiger partial charge in [0, 0.05) is 16.1 Å². The monoisotopic (exact) mass is 92.0 g/mol. The second-order valence-electron chi connectivity index (χ2n) is 0.424. The Balaban J connectivity index is 3.00. The fraction of sp³-hybridized carbons (Fsp3) is 0. The molecule has 1 aromatic heterocycles. The minimum Gasteiger partial charge on any atom is -0.135 e. The highest BCUT2D eigenvalue weighted by molar-refractivity contribution is 7.87. The summed E-state index contributed by atoms with van der Waals surface area (Å²) in [5.41, 5.74) is 0. The van der Waals surface area contributed by atoms with Crippen molar-refractivity contribution in [2.75, 3.05) is 0 Å². The molecule has 1 aromatic rings. The van der Waals surface area contributed by atoms with E-state index < -0.39 is 0 Å². The van der Waals surface area contributed by atoms with Gasteiger partial charge in [-0.3, -0.25) is 0 Å². The van der Waals surface area contributed by atoms with Crippen molar-refractivity contribution in [3.05, 3.63) is 0 Å². The molecule has 1 rings (SSSR count). The summed E-state index contributed by atoms with van der Waals surface area (Å²) in [5, 5.41) is 0. The molecule has 0 aromatic carbocycles. The van der Waals surface area contributed by atoms with Crippen LogP contribution in [0, 0.1) is 0 Å². The van der Waals surface area contributed by atoms with E-state index >= 15 is 0 Å². The van der Waals surface area contributed by atoms with E-state index in [9.17, 15) is 0 Å². The zero-order valence-electron chi connectivity index (χ0n) is 1.89. The van der Waals surface area contributed by atoms with Crippen molar-refractivity contribution in [3.8, 4) is 0 Å². The lowest BCUT2D eigenvalue weighted by atomic mass is 13.2. The molecule has 0 N–H and O–H groups in total. The highest BCUT2D eigenvalue weighted by Crippen LogP contribution is 2.09. The normalized spacial score (nSPS) is 12.0. The molecule has 4 heavy (non-hydrogen) atoms. The first-order valence-corrected chi connectivity index (χ1v) is 3.79. The molecule has 2 unspecified atom stereocenters. The van der Waals surface area contributed by atoms with Gasteiger partial charge in [-0.15, -0.1) is 9.72 Å². The molecular formula is H2N2P2. The number of aromatic nitrogens is 2. The van der Waals surface area contributed by atoms with E-state index in [1.807, 2.05) is 0 Å². The van der Waals surface area contributed by atoms with Crippen LogP contribution in [0.1, 0.15) is 0 Å². The lowest BCUT2D eigenvalue weighted by Gasteiger charge is -1.69. The average Bonchev–Trinajstić information content (AvgIpc) is 0.722. The Hall–Kier alpha value is 0.200. The van der Waals surface area contributed by atoms with Gasteiger partial charge in [0.15, 0.2) is 0 Å². The molecule has 1 heterocycles. The predicted octanol–water partition coefficient (Wildman–Crippen LogP) is 0.539. The van der Waals surface area contributed by atoms with Crippen LogP contribution in [0.2, 0.25) is 0 Å². The maximum atomic E-state index is 3.58. The third-order valence-corrected chi connectivity index (χ3v) is 1.80. The lowest BCUT2D eigenvalue weighted by Crippen LogP contribution is -1.56. The molecule has 0 radical (unpaired) electrons. The summed E-state index contributed by atoms with van der Waals surface area (Å²) in [6, 6.07) is 0. The molecule has 0 aliphatic heterocycles. The van der Waals surface area contributed by atoms with Crippen LogP contribution in [-0.4, -0.2) is 9.72 Å². The summed E-state index contributed by atoms with van der Waals surface area (Å²) in [4.78, 5) is 7.16. The Labute approximate surface area is 26.8 Å². The van der Waals surface area contributed by atoms with Crippen molar-refractivity contribution < 1.29 is 0 Å². The van der Waals surface area contributed by atoms with Gasteiger partial charge < -0.3 is 0 Å². The van der Waals surface area contributed by atoms with Crippen LogP contribution in [0.3, 0.4) is 0 Å². The van der Waals surface area contributed by atoms with Gasteiger partial charge in [0.05, 0.1) is 0 Å². The smallest absolute Gasteiger partial charge is 0.0180 e. The Morgan fingerprint density at radius 3 is 1.25 bits per heavy atom. The van der Waals surface area contributed by atoms with Crippen molar-refractivity contribution in [2.24, 2.45) is 0 Å². The zero-order valence-corrected chi connectivity index (χ0v) is 3.89. The van der Waals surface area contributed by atoms with E-state index in [2.05, 4.69) is 9.72 Å². The molecule has 0 spiro atoms. The molecular weight excluding hydrogens is 90.0 g/mol. The van der Waals surface area contributed by atoms with Crippen LogP contribution in [0.15, 0.2) is 0 Å². The standard InChI is InChI=1S/H2N2P2/c1-2-4-3-1/h3-4H. The summed E-state index contributed by atoms with van der Waals surface area (Å²) in [5.74, 6) is 0. The van der Waals surface area contributed by atoms with Gasteiger partial charge in [0.25, 0.3) is 0 Å². The minimum absolute atomic E-state index is 0.807. The summed E-state index contributed by atoms with van der Waals surface area (Å²) in [6.07, 6.45) is 0. The lowest BCUT2D eigenvalue weighted by molar-refractivity contribution is 1.25. The summed E-state index contributed by atoms with van der Waals surface area (Å²) < 4.78 is 0. The number of hydrogen-bond donors (Lipinski definition) is 0. The van der Waals surface area contributed by atoms with Crippen molar-refractivity contribution in [2.45, 2.75) is 0 Å². The largest absolute Gasteiger partial charge is 0.135 e. The van der Waals surface area contributed by atoms with Crippen molar-refractivity contribution in [1.29, 1.82) is 0 Å². The predicted molar refractivity (Wildman–Crippen MR) is 21.0 cm³/mol. The van der Waals surface area contributed by atoms with E-state index in [1.165, 1.54) is 0 Å². The Morgan fingerprint density at radius 1 is 1.00 bits per heavy atom. The quantitative estimate of drug-likeness (QED) is 0.466. The van der Waals surface area contributed by atoms with Crippen LogP contribution in [0.5, 0.6) is 0 Å². The van der Waals surface area contributed by atoms with Crippen molar-refractivity contribution >= 4 is 16.1 Å². The van der Waals surface area contributed by atoms with E-state index in [-0.39, 0.29) is 0 Å². The molecule has 0 saturated heterocycles. The molecule has 0 aliphatic rings. The van der Waals surface area contributed by atoms with E-state index in [0.29, 0.717) is 0 Å². The van der Waals surface area contributed by atoms with Crippen molar-refractivity contribution in [3.63, 3.8) is 0 Å². The zero-order chi connectivity index (χ0) is 2.83. The van der Waals surface area contributed by atoms with Gasteiger partial charge in [-0.05, 0) is 0 Å². The van der Waals surface area contributed by atoms with Crippen LogP contribution < -0.4 is 0 Å². The van der Waals surface area contributed by atoms with E-state index in [0.717, 1.165) is 16.1 Å². The fourth-order valence-electron chi connectivity index (χ4n) is 0.0500. The molecule has 0 saturated carbocycles.